The van der Waals surface area contributed by atoms with Crippen molar-refractivity contribution in [3.05, 3.63) is 59.2 Å². The number of hydrogen-bond donors (Lipinski definition) is 2. The highest BCUT2D eigenvalue weighted by Gasteiger charge is 2.23. The van der Waals surface area contributed by atoms with Crippen molar-refractivity contribution in [3.63, 3.8) is 0 Å². The molecule has 1 saturated heterocycles. The largest absolute Gasteiger partial charge is 0.460 e. The lowest BCUT2D eigenvalue weighted by Gasteiger charge is -2.31. The van der Waals surface area contributed by atoms with Crippen LogP contribution in [0, 0.1) is 0 Å². The van der Waals surface area contributed by atoms with Crippen LogP contribution < -0.4 is 10.6 Å². The van der Waals surface area contributed by atoms with Crippen molar-refractivity contribution >= 4 is 23.3 Å². The molecule has 7 heteroatoms. The van der Waals surface area contributed by atoms with E-state index in [2.05, 4.69) is 51.7 Å². The third-order valence-electron chi connectivity index (χ3n) is 6.57. The number of carbonyl (C=O) groups excluding carboxylic acids is 1. The third-order valence-corrected chi connectivity index (χ3v) is 6.57. The minimum atomic E-state index is 0.0254. The lowest BCUT2D eigenvalue weighted by molar-refractivity contribution is -0.117. The molecule has 1 unspecified atom stereocenters. The molecule has 3 aliphatic rings. The van der Waals surface area contributed by atoms with Crippen LogP contribution in [0.5, 0.6) is 0 Å². The number of rotatable bonds is 4. The molecule has 0 spiro atoms. The van der Waals surface area contributed by atoms with E-state index in [1.807, 2.05) is 18.2 Å². The van der Waals surface area contributed by atoms with Gasteiger partial charge in [0.15, 0.2) is 0 Å². The Morgan fingerprint density at radius 2 is 2.00 bits per heavy atom. The van der Waals surface area contributed by atoms with Gasteiger partial charge in [0.1, 0.15) is 6.61 Å². The minimum absolute atomic E-state index is 0.0254. The van der Waals surface area contributed by atoms with Crippen LogP contribution in [0.25, 0.3) is 0 Å². The van der Waals surface area contributed by atoms with Crippen molar-refractivity contribution in [2.45, 2.75) is 31.9 Å². The molecule has 0 radical (unpaired) electrons. The molecule has 168 valence electrons. The van der Waals surface area contributed by atoms with Crippen molar-refractivity contribution in [3.8, 4) is 0 Å². The Labute approximate surface area is 189 Å². The van der Waals surface area contributed by atoms with Crippen LogP contribution in [0.4, 0.5) is 11.4 Å². The lowest BCUT2D eigenvalue weighted by Crippen LogP contribution is -2.47. The highest BCUT2D eigenvalue weighted by molar-refractivity contribution is 5.95. The Morgan fingerprint density at radius 3 is 2.88 bits per heavy atom. The van der Waals surface area contributed by atoms with Gasteiger partial charge in [-0.25, -0.2) is 4.99 Å². The maximum Gasteiger partial charge on any atom is 0.290 e. The summed E-state index contributed by atoms with van der Waals surface area (Å²) in [6.07, 6.45) is 3.31. The number of carbonyl (C=O) groups is 1. The van der Waals surface area contributed by atoms with Crippen LogP contribution in [0.1, 0.15) is 35.6 Å². The Morgan fingerprint density at radius 1 is 1.16 bits per heavy atom. The van der Waals surface area contributed by atoms with E-state index in [0.717, 1.165) is 62.4 Å². The zero-order valence-electron chi connectivity index (χ0n) is 18.6. The van der Waals surface area contributed by atoms with Gasteiger partial charge in [-0.1, -0.05) is 24.3 Å². The highest BCUT2D eigenvalue weighted by atomic mass is 16.5. The molecule has 2 aromatic carbocycles. The van der Waals surface area contributed by atoms with Crippen molar-refractivity contribution in [2.24, 2.45) is 4.99 Å². The van der Waals surface area contributed by atoms with Crippen molar-refractivity contribution < 1.29 is 9.53 Å². The Bertz CT molecular complexity index is 1010. The summed E-state index contributed by atoms with van der Waals surface area (Å²) in [5.74, 6) is 0.0254. The lowest BCUT2D eigenvalue weighted by atomic mass is 9.88. The third kappa shape index (κ3) is 4.79. The summed E-state index contributed by atoms with van der Waals surface area (Å²) < 4.78 is 5.93. The number of aliphatic imine (C=N–C) groups is 1. The Balaban J connectivity index is 1.21. The van der Waals surface area contributed by atoms with Gasteiger partial charge in [-0.15, -0.1) is 0 Å². The topological polar surface area (TPSA) is 69.2 Å². The second-order valence-corrected chi connectivity index (χ2v) is 8.95. The fourth-order valence-electron chi connectivity index (χ4n) is 4.69. The van der Waals surface area contributed by atoms with E-state index in [-0.39, 0.29) is 11.9 Å². The van der Waals surface area contributed by atoms with Gasteiger partial charge in [0, 0.05) is 43.1 Å². The summed E-state index contributed by atoms with van der Waals surface area (Å²) in [6.45, 7) is 4.74. The number of aryl methyl sites for hydroxylation is 1. The van der Waals surface area contributed by atoms with Crippen molar-refractivity contribution in [1.82, 2.24) is 9.80 Å². The minimum Gasteiger partial charge on any atom is -0.460 e. The van der Waals surface area contributed by atoms with Crippen LogP contribution >= 0.6 is 0 Å². The maximum absolute atomic E-state index is 12.5. The number of ether oxygens (including phenoxy) is 1. The standard InChI is InChI=1S/C25H31N5O2/c1-29-11-13-30(14-12-29)16-24(31)26-20-9-10-22-19(15-20)17-32-25(27-22)28-23-8-4-6-18-5-2-3-7-21(18)23/h2-3,5,7,9-10,15,23H,4,6,8,11-14,16-17H2,1H3,(H,26,31)(H,27,28). The molecule has 0 aromatic heterocycles. The van der Waals surface area contributed by atoms with Gasteiger partial charge >= 0.3 is 0 Å². The van der Waals surface area contributed by atoms with Gasteiger partial charge in [-0.05, 0) is 55.6 Å². The molecule has 2 aliphatic heterocycles. The quantitative estimate of drug-likeness (QED) is 0.775. The molecule has 2 aromatic rings. The molecule has 1 fully saturated rings. The summed E-state index contributed by atoms with van der Waals surface area (Å²) in [5, 5.41) is 6.36. The van der Waals surface area contributed by atoms with Gasteiger partial charge < -0.3 is 20.3 Å². The summed E-state index contributed by atoms with van der Waals surface area (Å²) in [7, 11) is 2.12. The number of piperazine rings is 1. The van der Waals surface area contributed by atoms with Crippen LogP contribution in [0.15, 0.2) is 47.5 Å². The molecular formula is C25H31N5O2. The first-order valence-electron chi connectivity index (χ1n) is 11.5. The van der Waals surface area contributed by atoms with E-state index in [1.54, 1.807) is 0 Å². The van der Waals surface area contributed by atoms with Crippen LogP contribution in [-0.2, 0) is 22.6 Å². The van der Waals surface area contributed by atoms with Crippen LogP contribution in [-0.4, -0.2) is 61.5 Å². The molecular weight excluding hydrogens is 402 g/mol. The fourth-order valence-corrected chi connectivity index (χ4v) is 4.69. The molecule has 1 amide bonds. The zero-order valence-corrected chi connectivity index (χ0v) is 18.6. The van der Waals surface area contributed by atoms with E-state index in [1.165, 1.54) is 11.1 Å². The van der Waals surface area contributed by atoms with Crippen molar-refractivity contribution in [1.29, 1.82) is 0 Å². The molecule has 0 bridgehead atoms. The first kappa shape index (κ1) is 21.0. The molecule has 32 heavy (non-hydrogen) atoms. The van der Waals surface area contributed by atoms with E-state index in [0.29, 0.717) is 19.2 Å². The van der Waals surface area contributed by atoms with Crippen LogP contribution in [0.2, 0.25) is 0 Å². The second-order valence-electron chi connectivity index (χ2n) is 8.95. The average molecular weight is 434 g/mol. The smallest absolute Gasteiger partial charge is 0.290 e. The number of benzene rings is 2. The summed E-state index contributed by atoms with van der Waals surface area (Å²) in [4.78, 5) is 21.8. The monoisotopic (exact) mass is 433 g/mol. The Kier molecular flexibility index (Phi) is 6.10. The van der Waals surface area contributed by atoms with Crippen molar-refractivity contribution in [2.75, 3.05) is 50.4 Å². The molecule has 1 aliphatic carbocycles. The molecule has 0 saturated carbocycles. The van der Waals surface area contributed by atoms with E-state index >= 15 is 0 Å². The summed E-state index contributed by atoms with van der Waals surface area (Å²) in [5.41, 5.74) is 5.50. The first-order valence-corrected chi connectivity index (χ1v) is 11.5. The van der Waals surface area contributed by atoms with Crippen LogP contribution in [0.3, 0.4) is 0 Å². The molecule has 1 atom stereocenters. The number of anilines is 2. The number of nitrogens with zero attached hydrogens (tertiary/aromatic N) is 3. The molecule has 7 nitrogen and oxygen atoms in total. The number of fused-ring (bicyclic) bond motifs is 2. The average Bonchev–Trinajstić information content (AvgIpc) is 2.81. The van der Waals surface area contributed by atoms with Gasteiger partial charge in [0.25, 0.3) is 6.02 Å². The van der Waals surface area contributed by atoms with Gasteiger partial charge in [0.05, 0.1) is 12.6 Å². The predicted octanol–water partition coefficient (Wildman–Crippen LogP) is 3.25. The maximum atomic E-state index is 12.5. The van der Waals surface area contributed by atoms with E-state index in [9.17, 15) is 4.79 Å². The highest BCUT2D eigenvalue weighted by Crippen LogP contribution is 2.33. The van der Waals surface area contributed by atoms with Gasteiger partial charge in [0.2, 0.25) is 5.91 Å². The number of amidine groups is 1. The molecule has 2 N–H and O–H groups in total. The predicted molar refractivity (Wildman–Crippen MR) is 127 cm³/mol. The van der Waals surface area contributed by atoms with E-state index in [4.69, 9.17) is 9.73 Å². The summed E-state index contributed by atoms with van der Waals surface area (Å²) >= 11 is 0. The first-order chi connectivity index (χ1) is 15.6. The number of amides is 1. The molecule has 2 heterocycles. The van der Waals surface area contributed by atoms with E-state index < -0.39 is 0 Å². The summed E-state index contributed by atoms with van der Waals surface area (Å²) in [6, 6.07) is 15.2. The Hall–Kier alpha value is -2.90. The van der Waals surface area contributed by atoms with Gasteiger partial charge in [-0.3, -0.25) is 9.69 Å². The second kappa shape index (κ2) is 9.30. The number of likely N-dealkylation sites (N-methyl/N-ethyl adjacent to an activating group) is 1. The fraction of sp³-hybridized carbons (Fsp3) is 0.440. The number of nitrogens with one attached hydrogen (secondary N) is 2. The molecule has 5 rings (SSSR count). The van der Waals surface area contributed by atoms with Gasteiger partial charge in [-0.2, -0.15) is 0 Å². The number of hydrogen-bond acceptors (Lipinski definition) is 5. The normalized spacial score (nSPS) is 22.4. The zero-order chi connectivity index (χ0) is 21.9. The SMILES string of the molecule is CN1CCN(CC(=O)Nc2ccc3c(c2)COC(=NC2CCCc4ccccc42)N3)CC1.